The van der Waals surface area contributed by atoms with Gasteiger partial charge in [0.25, 0.3) is 11.6 Å². The maximum absolute atomic E-state index is 14.2. The van der Waals surface area contributed by atoms with Crippen LogP contribution in [0.1, 0.15) is 15.2 Å². The SMILES string of the molecule is COCc1c(C(=O)NCCNc2ccc([N+](=O)[O-])cc2)sc2cccc(F)c12. The highest BCUT2D eigenvalue weighted by atomic mass is 32.1. The Morgan fingerprint density at radius 3 is 2.64 bits per heavy atom. The average Bonchev–Trinajstić information content (AvgIpc) is 3.06. The Kier molecular flexibility index (Phi) is 6.17. The Morgan fingerprint density at radius 1 is 1.21 bits per heavy atom. The molecule has 0 spiro atoms. The Bertz CT molecular complexity index is 1000. The Hall–Kier alpha value is -3.04. The van der Waals surface area contributed by atoms with Crippen molar-refractivity contribution >= 4 is 38.7 Å². The van der Waals surface area contributed by atoms with Crippen LogP contribution >= 0.6 is 11.3 Å². The number of benzene rings is 2. The van der Waals surface area contributed by atoms with E-state index in [1.54, 1.807) is 24.3 Å². The molecule has 0 fully saturated rings. The first kappa shape index (κ1) is 19.7. The molecule has 9 heteroatoms. The number of ether oxygens (including phenoxy) is 1. The number of halogens is 1. The van der Waals surface area contributed by atoms with Crippen molar-refractivity contribution in [2.45, 2.75) is 6.61 Å². The number of nitrogens with one attached hydrogen (secondary N) is 2. The van der Waals surface area contributed by atoms with E-state index >= 15 is 0 Å². The molecule has 1 aromatic heterocycles. The zero-order valence-corrected chi connectivity index (χ0v) is 15.8. The first-order chi connectivity index (χ1) is 13.5. The number of nitro groups is 1. The first-order valence-corrected chi connectivity index (χ1v) is 9.28. The van der Waals surface area contributed by atoms with Crippen LogP contribution in [0.5, 0.6) is 0 Å². The fraction of sp³-hybridized carbons (Fsp3) is 0.211. The number of nitrogens with zero attached hydrogens (tertiary/aromatic N) is 1. The maximum Gasteiger partial charge on any atom is 0.269 e. The van der Waals surface area contributed by atoms with Crippen molar-refractivity contribution in [1.82, 2.24) is 5.32 Å². The number of anilines is 1. The van der Waals surface area contributed by atoms with Crippen LogP contribution in [0.25, 0.3) is 10.1 Å². The Balaban J connectivity index is 1.62. The van der Waals surface area contributed by atoms with Gasteiger partial charge in [-0.3, -0.25) is 14.9 Å². The summed E-state index contributed by atoms with van der Waals surface area (Å²) in [5, 5.41) is 16.9. The lowest BCUT2D eigenvalue weighted by Gasteiger charge is -2.08. The van der Waals surface area contributed by atoms with Crippen LogP contribution < -0.4 is 10.6 Å². The molecule has 1 amide bonds. The Labute approximate surface area is 164 Å². The number of thiophene rings is 1. The molecule has 0 saturated heterocycles. The molecule has 28 heavy (non-hydrogen) atoms. The number of carbonyl (C=O) groups excluding carboxylic acids is 1. The van der Waals surface area contributed by atoms with Crippen LogP contribution in [-0.4, -0.2) is 31.0 Å². The number of amides is 1. The summed E-state index contributed by atoms with van der Waals surface area (Å²) in [4.78, 5) is 23.2. The van der Waals surface area contributed by atoms with Crippen molar-refractivity contribution in [3.63, 3.8) is 0 Å². The topological polar surface area (TPSA) is 93.5 Å². The van der Waals surface area contributed by atoms with Crippen molar-refractivity contribution in [3.8, 4) is 0 Å². The molecule has 0 saturated carbocycles. The minimum atomic E-state index is -0.463. The summed E-state index contributed by atoms with van der Waals surface area (Å²) < 4.78 is 20.0. The minimum absolute atomic E-state index is 0.0153. The summed E-state index contributed by atoms with van der Waals surface area (Å²) >= 11 is 1.23. The second kappa shape index (κ2) is 8.77. The van der Waals surface area contributed by atoms with Crippen molar-refractivity contribution in [1.29, 1.82) is 0 Å². The standard InChI is InChI=1S/C19H18FN3O4S/c1-27-11-14-17-15(20)3-2-4-16(17)28-18(14)19(24)22-10-9-21-12-5-7-13(8-6-12)23(25)26/h2-8,21H,9-11H2,1H3,(H,22,24). The summed E-state index contributed by atoms with van der Waals surface area (Å²) in [6.07, 6.45) is 0. The zero-order valence-electron chi connectivity index (χ0n) is 15.0. The van der Waals surface area contributed by atoms with Crippen LogP contribution in [0.15, 0.2) is 42.5 Å². The highest BCUT2D eigenvalue weighted by Gasteiger charge is 2.20. The van der Waals surface area contributed by atoms with Crippen LogP contribution in [0.2, 0.25) is 0 Å². The van der Waals surface area contributed by atoms with E-state index in [4.69, 9.17) is 4.74 Å². The van der Waals surface area contributed by atoms with Gasteiger partial charge in [-0.05, 0) is 24.3 Å². The minimum Gasteiger partial charge on any atom is -0.383 e. The first-order valence-electron chi connectivity index (χ1n) is 8.46. The van der Waals surface area contributed by atoms with Gasteiger partial charge in [-0.2, -0.15) is 0 Å². The molecule has 3 aromatic rings. The molecular formula is C19H18FN3O4S. The van der Waals surface area contributed by atoms with Crippen molar-refractivity contribution in [3.05, 3.63) is 68.8 Å². The van der Waals surface area contributed by atoms with Gasteiger partial charge in [0.1, 0.15) is 5.82 Å². The van der Waals surface area contributed by atoms with Crippen molar-refractivity contribution < 1.29 is 18.8 Å². The van der Waals surface area contributed by atoms with Gasteiger partial charge in [-0.1, -0.05) is 6.07 Å². The molecule has 0 aliphatic carbocycles. The number of rotatable bonds is 8. The van der Waals surface area contributed by atoms with Crippen LogP contribution in [0.4, 0.5) is 15.8 Å². The fourth-order valence-electron chi connectivity index (χ4n) is 2.80. The normalized spacial score (nSPS) is 10.8. The molecule has 0 atom stereocenters. The lowest BCUT2D eigenvalue weighted by atomic mass is 10.1. The highest BCUT2D eigenvalue weighted by Crippen LogP contribution is 2.33. The van der Waals surface area contributed by atoms with Crippen LogP contribution in [0.3, 0.4) is 0 Å². The number of carbonyl (C=O) groups is 1. The molecule has 146 valence electrons. The predicted molar refractivity (Wildman–Crippen MR) is 106 cm³/mol. The van der Waals surface area contributed by atoms with E-state index in [0.717, 1.165) is 0 Å². The third-order valence-corrected chi connectivity index (χ3v) is 5.27. The molecule has 7 nitrogen and oxygen atoms in total. The number of fused-ring (bicyclic) bond motifs is 1. The van der Waals surface area contributed by atoms with Gasteiger partial charge in [0, 0.05) is 53.7 Å². The molecular weight excluding hydrogens is 385 g/mol. The largest absolute Gasteiger partial charge is 0.383 e. The second-order valence-electron chi connectivity index (χ2n) is 5.94. The van der Waals surface area contributed by atoms with E-state index < -0.39 is 4.92 Å². The third kappa shape index (κ3) is 4.26. The Morgan fingerprint density at radius 2 is 1.96 bits per heavy atom. The highest BCUT2D eigenvalue weighted by molar-refractivity contribution is 7.21. The van der Waals surface area contributed by atoms with E-state index in [1.165, 1.54) is 36.6 Å². The number of non-ortho nitro benzene ring substituents is 1. The predicted octanol–water partition coefficient (Wildman–Crippen LogP) is 3.94. The number of methoxy groups -OCH3 is 1. The van der Waals surface area contributed by atoms with Gasteiger partial charge >= 0.3 is 0 Å². The van der Waals surface area contributed by atoms with Gasteiger partial charge in [0.2, 0.25) is 0 Å². The summed E-state index contributed by atoms with van der Waals surface area (Å²) in [6.45, 7) is 0.909. The van der Waals surface area contributed by atoms with Gasteiger partial charge in [-0.25, -0.2) is 4.39 Å². The van der Waals surface area contributed by atoms with Crippen LogP contribution in [0, 0.1) is 15.9 Å². The average molecular weight is 403 g/mol. The summed E-state index contributed by atoms with van der Waals surface area (Å²) in [6, 6.07) is 10.8. The molecule has 2 aromatic carbocycles. The smallest absolute Gasteiger partial charge is 0.269 e. The number of nitro benzene ring substituents is 1. The maximum atomic E-state index is 14.2. The summed E-state index contributed by atoms with van der Waals surface area (Å²) in [5.41, 5.74) is 1.27. The second-order valence-corrected chi connectivity index (χ2v) is 6.99. The molecule has 3 rings (SSSR count). The zero-order chi connectivity index (χ0) is 20.1. The molecule has 2 N–H and O–H groups in total. The summed E-state index contributed by atoms with van der Waals surface area (Å²) in [7, 11) is 1.50. The van der Waals surface area contributed by atoms with Gasteiger partial charge in [0.15, 0.2) is 0 Å². The van der Waals surface area contributed by atoms with Gasteiger partial charge in [0.05, 0.1) is 16.4 Å². The van der Waals surface area contributed by atoms with Crippen molar-refractivity contribution in [2.75, 3.05) is 25.5 Å². The van der Waals surface area contributed by atoms with Gasteiger partial charge in [-0.15, -0.1) is 11.3 Å². The number of hydrogen-bond donors (Lipinski definition) is 2. The van der Waals surface area contributed by atoms with E-state index in [2.05, 4.69) is 10.6 Å². The molecule has 0 bridgehead atoms. The fourth-order valence-corrected chi connectivity index (χ4v) is 3.94. The summed E-state index contributed by atoms with van der Waals surface area (Å²) in [5.74, 6) is -0.669. The van der Waals surface area contributed by atoms with E-state index in [1.807, 2.05) is 0 Å². The molecule has 0 radical (unpaired) electrons. The molecule has 1 heterocycles. The quantitative estimate of drug-likeness (QED) is 0.338. The van der Waals surface area contributed by atoms with E-state index in [-0.39, 0.29) is 24.0 Å². The van der Waals surface area contributed by atoms with Crippen LogP contribution in [-0.2, 0) is 11.3 Å². The number of hydrogen-bond acceptors (Lipinski definition) is 6. The van der Waals surface area contributed by atoms with E-state index in [9.17, 15) is 19.3 Å². The van der Waals surface area contributed by atoms with E-state index in [0.29, 0.717) is 39.3 Å². The molecule has 0 unspecified atom stereocenters. The van der Waals surface area contributed by atoms with Crippen molar-refractivity contribution in [2.24, 2.45) is 0 Å². The monoisotopic (exact) mass is 403 g/mol. The van der Waals surface area contributed by atoms with Gasteiger partial charge < -0.3 is 15.4 Å². The molecule has 0 aliphatic heterocycles. The third-order valence-electron chi connectivity index (χ3n) is 4.08. The molecule has 0 aliphatic rings. The lowest BCUT2D eigenvalue weighted by Crippen LogP contribution is -2.28. The lowest BCUT2D eigenvalue weighted by molar-refractivity contribution is -0.384.